The zero-order chi connectivity index (χ0) is 13.0. The summed E-state index contributed by atoms with van der Waals surface area (Å²) in [6.07, 6.45) is 0. The van der Waals surface area contributed by atoms with Crippen molar-refractivity contribution in [3.8, 4) is 0 Å². The van der Waals surface area contributed by atoms with Crippen LogP contribution in [-0.4, -0.2) is 70.1 Å². The van der Waals surface area contributed by atoms with Crippen molar-refractivity contribution in [2.24, 2.45) is 12.8 Å². The van der Waals surface area contributed by atoms with Gasteiger partial charge in [0.1, 0.15) is 5.82 Å². The van der Waals surface area contributed by atoms with Crippen LogP contribution in [-0.2, 0) is 13.6 Å². The van der Waals surface area contributed by atoms with E-state index in [1.165, 1.54) is 26.2 Å². The quantitative estimate of drug-likeness (QED) is 0.736. The fourth-order valence-corrected chi connectivity index (χ4v) is 2.92. The molecule has 0 amide bonds. The Morgan fingerprint density at radius 3 is 2.50 bits per heavy atom. The second-order valence-electron chi connectivity index (χ2n) is 4.66. The molecule has 0 spiro atoms. The van der Waals surface area contributed by atoms with Gasteiger partial charge in [0.25, 0.3) is 0 Å². The van der Waals surface area contributed by atoms with Crippen LogP contribution in [0.3, 0.4) is 0 Å². The van der Waals surface area contributed by atoms with Gasteiger partial charge in [0.2, 0.25) is 0 Å². The molecule has 0 bridgehead atoms. The van der Waals surface area contributed by atoms with Gasteiger partial charge in [-0.2, -0.15) is 0 Å². The maximum atomic E-state index is 5.58. The standard InChI is InChI=1S/C11H22N6S/c1-15-3-5-17(6-4-15)7-8-18-11-14-13-10(9-12)16(11)2/h3-9,12H2,1-2H3. The normalized spacial score (nSPS) is 18.4. The Balaban J connectivity index is 1.73. The average molecular weight is 270 g/mol. The van der Waals surface area contributed by atoms with E-state index in [1.807, 2.05) is 11.6 Å². The van der Waals surface area contributed by atoms with Crippen LogP contribution in [0, 0.1) is 0 Å². The molecule has 0 aliphatic carbocycles. The predicted molar refractivity (Wildman–Crippen MR) is 73.6 cm³/mol. The first kappa shape index (κ1) is 13.8. The molecular weight excluding hydrogens is 248 g/mol. The van der Waals surface area contributed by atoms with Gasteiger partial charge < -0.3 is 15.2 Å². The lowest BCUT2D eigenvalue weighted by molar-refractivity contribution is 0.161. The molecule has 1 aliphatic heterocycles. The molecule has 1 aromatic heterocycles. The molecular formula is C11H22N6S. The summed E-state index contributed by atoms with van der Waals surface area (Å²) in [6.45, 7) is 6.25. The Kier molecular flexibility index (Phi) is 4.99. The molecule has 0 unspecified atom stereocenters. The van der Waals surface area contributed by atoms with Crippen molar-refractivity contribution in [2.45, 2.75) is 11.7 Å². The number of rotatable bonds is 5. The molecule has 2 N–H and O–H groups in total. The third-order valence-corrected chi connectivity index (χ3v) is 4.34. The monoisotopic (exact) mass is 270 g/mol. The minimum atomic E-state index is 0.447. The fourth-order valence-electron chi connectivity index (χ4n) is 1.99. The molecule has 1 fully saturated rings. The Labute approximate surface area is 113 Å². The Bertz CT molecular complexity index is 372. The van der Waals surface area contributed by atoms with Gasteiger partial charge in [0, 0.05) is 45.5 Å². The van der Waals surface area contributed by atoms with E-state index in [0.29, 0.717) is 6.54 Å². The average Bonchev–Trinajstić information content (AvgIpc) is 2.73. The van der Waals surface area contributed by atoms with Crippen molar-refractivity contribution in [1.82, 2.24) is 24.6 Å². The number of hydrogen-bond donors (Lipinski definition) is 1. The summed E-state index contributed by atoms with van der Waals surface area (Å²) in [5.74, 6) is 1.90. The van der Waals surface area contributed by atoms with E-state index in [1.54, 1.807) is 11.8 Å². The van der Waals surface area contributed by atoms with Gasteiger partial charge in [0.05, 0.1) is 6.54 Å². The summed E-state index contributed by atoms with van der Waals surface area (Å²) in [5.41, 5.74) is 5.58. The van der Waals surface area contributed by atoms with Gasteiger partial charge in [-0.1, -0.05) is 11.8 Å². The first-order chi connectivity index (χ1) is 8.70. The molecule has 1 saturated heterocycles. The third kappa shape index (κ3) is 3.44. The highest BCUT2D eigenvalue weighted by Crippen LogP contribution is 2.15. The van der Waals surface area contributed by atoms with E-state index in [-0.39, 0.29) is 0 Å². The molecule has 6 nitrogen and oxygen atoms in total. The van der Waals surface area contributed by atoms with Crippen LogP contribution in [0.1, 0.15) is 5.82 Å². The van der Waals surface area contributed by atoms with E-state index in [2.05, 4.69) is 27.0 Å². The van der Waals surface area contributed by atoms with E-state index in [9.17, 15) is 0 Å². The first-order valence-corrected chi connectivity index (χ1v) is 7.31. The van der Waals surface area contributed by atoms with Crippen molar-refractivity contribution in [1.29, 1.82) is 0 Å². The molecule has 102 valence electrons. The molecule has 2 rings (SSSR count). The molecule has 1 aromatic rings. The topological polar surface area (TPSA) is 63.2 Å². The first-order valence-electron chi connectivity index (χ1n) is 6.32. The zero-order valence-electron chi connectivity index (χ0n) is 11.2. The van der Waals surface area contributed by atoms with Crippen molar-refractivity contribution < 1.29 is 0 Å². The van der Waals surface area contributed by atoms with E-state index >= 15 is 0 Å². The van der Waals surface area contributed by atoms with Crippen molar-refractivity contribution in [2.75, 3.05) is 45.5 Å². The predicted octanol–water partition coefficient (Wildman–Crippen LogP) is -0.387. The number of likely N-dealkylation sites (N-methyl/N-ethyl adjacent to an activating group) is 1. The van der Waals surface area contributed by atoms with Crippen LogP contribution in [0.4, 0.5) is 0 Å². The fraction of sp³-hybridized carbons (Fsp3) is 0.818. The van der Waals surface area contributed by atoms with Crippen LogP contribution in [0.5, 0.6) is 0 Å². The SMILES string of the molecule is CN1CCN(CCSc2nnc(CN)n2C)CC1. The lowest BCUT2D eigenvalue weighted by Crippen LogP contribution is -2.45. The van der Waals surface area contributed by atoms with Crippen LogP contribution in [0.15, 0.2) is 5.16 Å². The number of thioether (sulfide) groups is 1. The second kappa shape index (κ2) is 6.51. The van der Waals surface area contributed by atoms with Gasteiger partial charge in [-0.3, -0.25) is 4.90 Å². The van der Waals surface area contributed by atoms with Gasteiger partial charge in [-0.05, 0) is 7.05 Å². The summed E-state index contributed by atoms with van der Waals surface area (Å²) in [5, 5.41) is 9.17. The van der Waals surface area contributed by atoms with Gasteiger partial charge in [-0.15, -0.1) is 10.2 Å². The number of aromatic nitrogens is 3. The highest BCUT2D eigenvalue weighted by atomic mass is 32.2. The van der Waals surface area contributed by atoms with Gasteiger partial charge in [-0.25, -0.2) is 0 Å². The Hall–Kier alpha value is -0.630. The molecule has 0 atom stereocenters. The summed E-state index contributed by atoms with van der Waals surface area (Å²) in [7, 11) is 4.15. The van der Waals surface area contributed by atoms with Gasteiger partial charge >= 0.3 is 0 Å². The zero-order valence-corrected chi connectivity index (χ0v) is 12.0. The number of nitrogens with two attached hydrogens (primary N) is 1. The summed E-state index contributed by atoms with van der Waals surface area (Å²) < 4.78 is 1.98. The summed E-state index contributed by atoms with van der Waals surface area (Å²) >= 11 is 1.76. The van der Waals surface area contributed by atoms with Crippen LogP contribution in [0.25, 0.3) is 0 Å². The minimum Gasteiger partial charge on any atom is -0.324 e. The lowest BCUT2D eigenvalue weighted by Gasteiger charge is -2.32. The summed E-state index contributed by atoms with van der Waals surface area (Å²) in [4.78, 5) is 4.88. The van der Waals surface area contributed by atoms with E-state index in [4.69, 9.17) is 5.73 Å². The van der Waals surface area contributed by atoms with E-state index < -0.39 is 0 Å². The molecule has 0 saturated carbocycles. The molecule has 18 heavy (non-hydrogen) atoms. The summed E-state index contributed by atoms with van der Waals surface area (Å²) in [6, 6.07) is 0. The molecule has 2 heterocycles. The third-order valence-electron chi connectivity index (χ3n) is 3.34. The Morgan fingerprint density at radius 2 is 1.89 bits per heavy atom. The van der Waals surface area contributed by atoms with Crippen molar-refractivity contribution >= 4 is 11.8 Å². The highest BCUT2D eigenvalue weighted by molar-refractivity contribution is 7.99. The van der Waals surface area contributed by atoms with Gasteiger partial charge in [0.15, 0.2) is 5.16 Å². The maximum absolute atomic E-state index is 5.58. The van der Waals surface area contributed by atoms with E-state index in [0.717, 1.165) is 23.3 Å². The number of piperazine rings is 1. The molecule has 7 heteroatoms. The molecule has 1 aliphatic rings. The van der Waals surface area contributed by atoms with Crippen LogP contribution >= 0.6 is 11.8 Å². The highest BCUT2D eigenvalue weighted by Gasteiger charge is 2.14. The maximum Gasteiger partial charge on any atom is 0.191 e. The van der Waals surface area contributed by atoms with Crippen LogP contribution in [0.2, 0.25) is 0 Å². The largest absolute Gasteiger partial charge is 0.324 e. The van der Waals surface area contributed by atoms with Crippen LogP contribution < -0.4 is 5.73 Å². The lowest BCUT2D eigenvalue weighted by atomic mass is 10.3. The number of hydrogen-bond acceptors (Lipinski definition) is 6. The Morgan fingerprint density at radius 1 is 1.17 bits per heavy atom. The molecule has 0 radical (unpaired) electrons. The van der Waals surface area contributed by atoms with Crippen molar-refractivity contribution in [3.63, 3.8) is 0 Å². The second-order valence-corrected chi connectivity index (χ2v) is 5.72. The minimum absolute atomic E-state index is 0.447. The molecule has 0 aromatic carbocycles. The smallest absolute Gasteiger partial charge is 0.191 e. The number of nitrogens with zero attached hydrogens (tertiary/aromatic N) is 5. The van der Waals surface area contributed by atoms with Crippen molar-refractivity contribution in [3.05, 3.63) is 5.82 Å².